The quantitative estimate of drug-likeness (QED) is 0.151. The van der Waals surface area contributed by atoms with Gasteiger partial charge in [0.05, 0.1) is 33.6 Å². The number of benzene rings is 15. The van der Waals surface area contributed by atoms with Gasteiger partial charge in [0.1, 0.15) is 33.5 Å². The van der Waals surface area contributed by atoms with Crippen LogP contribution in [0.2, 0.25) is 0 Å². The number of hydrogen-bond acceptors (Lipinski definition) is 9. The molecule has 6 heterocycles. The Morgan fingerprint density at radius 2 is 0.574 bits per heavy atom. The van der Waals surface area contributed by atoms with Gasteiger partial charge < -0.3 is 41.2 Å². The van der Waals surface area contributed by atoms with Crippen molar-refractivity contribution in [2.24, 2.45) is 0 Å². The minimum absolute atomic E-state index is 0.356. The van der Waals surface area contributed by atoms with Gasteiger partial charge in [-0.3, -0.25) is 0 Å². The molecule has 3 aliphatic heterocycles. The fourth-order valence-electron chi connectivity index (χ4n) is 16.0. The lowest BCUT2D eigenvalue weighted by molar-refractivity contribution is 0.00578. The normalized spacial score (nSPS) is 17.1. The summed E-state index contributed by atoms with van der Waals surface area (Å²) in [4.78, 5) is 0. The lowest BCUT2D eigenvalue weighted by atomic mass is 9.74. The summed E-state index contributed by atoms with van der Waals surface area (Å²) in [5.41, 5.74) is 13.1. The van der Waals surface area contributed by atoms with Gasteiger partial charge in [-0.1, -0.05) is 206 Å². The van der Waals surface area contributed by atoms with Crippen LogP contribution in [0.3, 0.4) is 0 Å². The van der Waals surface area contributed by atoms with Crippen LogP contribution < -0.4 is 16.4 Å². The van der Waals surface area contributed by atoms with Crippen molar-refractivity contribution < 1.29 is 41.2 Å². The SMILES string of the molecule is CC1(C)OB(c2cc(-c3cccc4c3oc3cc5ccccc5cc34)cc3ccccc23)OC1(C)C.CC1(C)OB(c2ccc3ccc(-c4ccc5cc6c(cc5c4)oc4ccccc46)cc3c2)OC1(C)C.CC1(C)OB(c2cccc3cc(-c4cccc5c4oc4cc6ccccc6cc45)ccc23)OC1(C)C. The van der Waals surface area contributed by atoms with E-state index in [4.69, 9.17) is 41.2 Å². The highest BCUT2D eigenvalue weighted by molar-refractivity contribution is 6.66. The van der Waals surface area contributed by atoms with Gasteiger partial charge in [0.25, 0.3) is 0 Å². The highest BCUT2D eigenvalue weighted by atomic mass is 16.7. The zero-order chi connectivity index (χ0) is 74.0. The van der Waals surface area contributed by atoms with Gasteiger partial charge in [-0.15, -0.1) is 0 Å². The number of para-hydroxylation sites is 3. The van der Waals surface area contributed by atoms with E-state index >= 15 is 0 Å². The van der Waals surface area contributed by atoms with Gasteiger partial charge in [0.2, 0.25) is 0 Å². The fraction of sp³-hybridized carbons (Fsp3) is 0.188. The molecule has 0 N–H and O–H groups in total. The van der Waals surface area contributed by atoms with Crippen LogP contribution >= 0.6 is 0 Å². The topological polar surface area (TPSA) is 94.8 Å². The van der Waals surface area contributed by atoms with E-state index in [1.807, 2.05) is 12.1 Å². The molecule has 21 rings (SSSR count). The Kier molecular flexibility index (Phi) is 15.6. The fourth-order valence-corrected chi connectivity index (χ4v) is 16.0. The van der Waals surface area contributed by atoms with Crippen molar-refractivity contribution in [3.63, 3.8) is 0 Å². The molecular weight excluding hydrogens is 1330 g/mol. The summed E-state index contributed by atoms with van der Waals surface area (Å²) >= 11 is 0. The summed E-state index contributed by atoms with van der Waals surface area (Å²) in [5, 5.41) is 21.0. The van der Waals surface area contributed by atoms with E-state index in [1.165, 1.54) is 54.2 Å². The first-order valence-electron chi connectivity index (χ1n) is 37.6. The predicted molar refractivity (Wildman–Crippen MR) is 450 cm³/mol. The second kappa shape index (κ2) is 24.9. The van der Waals surface area contributed by atoms with Gasteiger partial charge in [-0.25, -0.2) is 0 Å². The van der Waals surface area contributed by atoms with Crippen molar-refractivity contribution in [1.82, 2.24) is 0 Å². The van der Waals surface area contributed by atoms with Crippen molar-refractivity contribution >= 4 is 168 Å². The lowest BCUT2D eigenvalue weighted by Gasteiger charge is -2.32. The van der Waals surface area contributed by atoms with Gasteiger partial charge in [0.15, 0.2) is 0 Å². The maximum absolute atomic E-state index is 6.53. The molecule has 15 aromatic carbocycles. The summed E-state index contributed by atoms with van der Waals surface area (Å²) in [6.45, 7) is 25.1. The lowest BCUT2D eigenvalue weighted by Crippen LogP contribution is -2.41. The average molecular weight is 1410 g/mol. The van der Waals surface area contributed by atoms with Crippen LogP contribution in [-0.2, 0) is 27.9 Å². The van der Waals surface area contributed by atoms with Crippen molar-refractivity contribution in [2.75, 3.05) is 0 Å². The summed E-state index contributed by atoms with van der Waals surface area (Å²) in [7, 11) is -1.20. The smallest absolute Gasteiger partial charge is 0.456 e. The van der Waals surface area contributed by atoms with Crippen LogP contribution in [0.4, 0.5) is 0 Å². The Hall–Kier alpha value is -10.8. The van der Waals surface area contributed by atoms with E-state index in [-0.39, 0.29) is 29.5 Å². The first-order chi connectivity index (χ1) is 51.9. The Balaban J connectivity index is 0.000000110. The molecule has 12 heteroatoms. The van der Waals surface area contributed by atoms with Gasteiger partial charge >= 0.3 is 21.4 Å². The molecule has 3 saturated heterocycles. The molecule has 0 spiro atoms. The van der Waals surface area contributed by atoms with Crippen LogP contribution in [0.15, 0.2) is 286 Å². The molecule has 0 radical (unpaired) electrons. The molecule has 0 saturated carbocycles. The van der Waals surface area contributed by atoms with Gasteiger partial charge in [-0.2, -0.15) is 0 Å². The second-order valence-electron chi connectivity index (χ2n) is 32.6. The maximum atomic E-state index is 6.53. The molecule has 3 aliphatic rings. The van der Waals surface area contributed by atoms with Crippen LogP contribution in [-0.4, -0.2) is 55.0 Å². The molecule has 528 valence electrons. The van der Waals surface area contributed by atoms with Gasteiger partial charge in [0, 0.05) is 43.4 Å². The molecule has 18 aromatic rings. The second-order valence-corrected chi connectivity index (χ2v) is 32.6. The molecule has 0 aliphatic carbocycles. The van der Waals surface area contributed by atoms with Crippen LogP contribution in [0, 0.1) is 0 Å². The maximum Gasteiger partial charge on any atom is 0.495 e. The van der Waals surface area contributed by atoms with Crippen LogP contribution in [0.1, 0.15) is 83.1 Å². The predicted octanol–water partition coefficient (Wildman–Crippen LogP) is 23.6. The van der Waals surface area contributed by atoms with Crippen molar-refractivity contribution in [3.8, 4) is 33.4 Å². The third kappa shape index (κ3) is 11.4. The largest absolute Gasteiger partial charge is 0.495 e. The minimum atomic E-state index is -0.444. The third-order valence-electron chi connectivity index (χ3n) is 24.2. The molecular formula is C96H81B3O9. The first-order valence-corrected chi connectivity index (χ1v) is 37.6. The van der Waals surface area contributed by atoms with E-state index in [2.05, 4.69) is 344 Å². The Bertz CT molecular complexity index is 6650. The monoisotopic (exact) mass is 1410 g/mol. The molecule has 0 atom stereocenters. The van der Waals surface area contributed by atoms with E-state index in [0.717, 1.165) is 126 Å². The Morgan fingerprint density at radius 3 is 1.15 bits per heavy atom. The molecule has 3 aromatic heterocycles. The van der Waals surface area contributed by atoms with E-state index in [1.54, 1.807) is 0 Å². The number of fused-ring (bicyclic) bond motifs is 15. The Morgan fingerprint density at radius 1 is 0.204 bits per heavy atom. The highest BCUT2D eigenvalue weighted by Crippen LogP contribution is 2.45. The van der Waals surface area contributed by atoms with Crippen molar-refractivity contribution in [2.45, 2.75) is 117 Å². The number of rotatable bonds is 6. The first kappa shape index (κ1) is 67.8. The summed E-state index contributed by atoms with van der Waals surface area (Å²) in [6, 6.07) is 96.6. The number of furan rings is 3. The van der Waals surface area contributed by atoms with Gasteiger partial charge in [-0.05, 0) is 253 Å². The standard InChI is InChI=1S/3C32H27BO3/c1-31(2)32(3,4)36-33(35-31)28-14-7-11-22-17-23(15-16-24(22)28)25-12-8-13-26-27-18-20-9-5-6-10-21(20)19-29(27)34-30(25)26;1-31(2)32(3,4)36-33(35-31)28-18-23(16-22-12-7-8-13-24(22)28)25-14-9-15-26-27-17-20-10-5-6-11-21(20)19-29(27)34-30(25)26;1-31(2)32(3,4)36-33(35-31)26-14-13-20-9-10-21(15-24(20)17-26)22-11-12-23-18-28-27-7-5-6-8-29(27)34-30(28)19-25(23)16-22/h3*5-19H,1-4H3. The van der Waals surface area contributed by atoms with E-state index in [9.17, 15) is 0 Å². The Labute approximate surface area is 628 Å². The van der Waals surface area contributed by atoms with Crippen molar-refractivity contribution in [1.29, 1.82) is 0 Å². The molecule has 108 heavy (non-hydrogen) atoms. The summed E-state index contributed by atoms with van der Waals surface area (Å²) in [6.07, 6.45) is 0. The molecule has 0 bridgehead atoms. The third-order valence-corrected chi connectivity index (χ3v) is 24.2. The number of hydrogen-bond donors (Lipinski definition) is 0. The summed E-state index contributed by atoms with van der Waals surface area (Å²) in [5.74, 6) is 0. The molecule has 0 amide bonds. The zero-order valence-corrected chi connectivity index (χ0v) is 62.9. The zero-order valence-electron chi connectivity index (χ0n) is 62.9. The molecule has 0 unspecified atom stereocenters. The van der Waals surface area contributed by atoms with Crippen LogP contribution in [0.25, 0.3) is 164 Å². The average Bonchev–Trinajstić information content (AvgIpc) is 1.50. The molecule has 9 nitrogen and oxygen atoms in total. The minimum Gasteiger partial charge on any atom is -0.456 e. The summed E-state index contributed by atoms with van der Waals surface area (Å²) < 4.78 is 57.4. The highest BCUT2D eigenvalue weighted by Gasteiger charge is 2.54. The van der Waals surface area contributed by atoms with Crippen molar-refractivity contribution in [3.05, 3.63) is 273 Å². The molecule has 3 fully saturated rings. The van der Waals surface area contributed by atoms with E-state index < -0.39 is 25.4 Å². The van der Waals surface area contributed by atoms with Crippen LogP contribution in [0.5, 0.6) is 0 Å². The van der Waals surface area contributed by atoms with E-state index in [0.29, 0.717) is 0 Å².